The molecule has 1 fully saturated rings. The van der Waals surface area contributed by atoms with Crippen LogP contribution in [0.2, 0.25) is 0 Å². The largest absolute Gasteiger partial charge is 0.486 e. The Kier molecular flexibility index (Phi) is 5.18. The number of nitrogens with zero attached hydrogens (tertiary/aromatic N) is 4. The lowest BCUT2D eigenvalue weighted by atomic mass is 10.1. The van der Waals surface area contributed by atoms with Gasteiger partial charge in [-0.25, -0.2) is 10.9 Å². The van der Waals surface area contributed by atoms with Crippen molar-refractivity contribution in [2.45, 2.75) is 19.2 Å². The lowest BCUT2D eigenvalue weighted by Gasteiger charge is -2.39. The van der Waals surface area contributed by atoms with Gasteiger partial charge in [0.05, 0.1) is 18.7 Å². The number of rotatable bonds is 4. The quantitative estimate of drug-likeness (QED) is 0.477. The first-order valence-corrected chi connectivity index (χ1v) is 8.18. The summed E-state index contributed by atoms with van der Waals surface area (Å²) in [5.41, 5.74) is -0.929. The second-order valence-corrected chi connectivity index (χ2v) is 6.11. The number of benzene rings is 1. The van der Waals surface area contributed by atoms with E-state index in [-0.39, 0.29) is 11.4 Å². The van der Waals surface area contributed by atoms with Crippen LogP contribution in [0.4, 0.5) is 19.0 Å². The van der Waals surface area contributed by atoms with Crippen molar-refractivity contribution in [1.82, 2.24) is 15.2 Å². The zero-order chi connectivity index (χ0) is 20.5. The smallest absolute Gasteiger partial charge is 0.419 e. The lowest BCUT2D eigenvalue weighted by molar-refractivity contribution is -0.139. The highest BCUT2D eigenvalue weighted by atomic mass is 19.4. The number of ether oxygens (including phenoxy) is 1. The molecule has 0 saturated carbocycles. The van der Waals surface area contributed by atoms with Gasteiger partial charge >= 0.3 is 6.18 Å². The first-order chi connectivity index (χ1) is 13.2. The number of carbonyl (C=O) groups excluding carboxylic acids is 2. The minimum Gasteiger partial charge on any atom is -0.486 e. The Morgan fingerprint density at radius 1 is 1.18 bits per heavy atom. The second kappa shape index (κ2) is 7.43. The van der Waals surface area contributed by atoms with E-state index in [1.807, 2.05) is 0 Å². The predicted octanol–water partition coefficient (Wildman–Crippen LogP) is 1.63. The van der Waals surface area contributed by atoms with E-state index in [1.54, 1.807) is 4.90 Å². The molecule has 0 radical (unpaired) electrons. The highest BCUT2D eigenvalue weighted by Crippen LogP contribution is 2.37. The van der Waals surface area contributed by atoms with Crippen LogP contribution in [-0.4, -0.2) is 46.2 Å². The number of nitrogens with two attached hydrogens (primary N) is 1. The summed E-state index contributed by atoms with van der Waals surface area (Å²) in [4.78, 5) is 24.7. The SMILES string of the molecule is CC(=O)N(N)C(=O)c1ccc(N2CC(Oc3ccccc3C(F)(F)F)C2)nn1. The maximum Gasteiger partial charge on any atom is 0.419 e. The van der Waals surface area contributed by atoms with Crippen LogP contribution in [0.3, 0.4) is 0 Å². The molecule has 148 valence electrons. The third kappa shape index (κ3) is 4.03. The number of hydrogen-bond acceptors (Lipinski definition) is 7. The van der Waals surface area contributed by atoms with Crippen molar-refractivity contribution in [3.05, 3.63) is 47.7 Å². The van der Waals surface area contributed by atoms with Crippen LogP contribution in [0.5, 0.6) is 5.75 Å². The Morgan fingerprint density at radius 2 is 1.86 bits per heavy atom. The summed E-state index contributed by atoms with van der Waals surface area (Å²) < 4.78 is 44.5. The Hall–Kier alpha value is -3.21. The summed E-state index contributed by atoms with van der Waals surface area (Å²) in [5, 5.41) is 8.05. The molecule has 2 heterocycles. The summed E-state index contributed by atoms with van der Waals surface area (Å²) in [6.45, 7) is 1.76. The number of amides is 2. The Morgan fingerprint density at radius 3 is 2.43 bits per heavy atom. The van der Waals surface area contributed by atoms with Gasteiger partial charge in [0, 0.05) is 6.92 Å². The molecule has 8 nitrogen and oxygen atoms in total. The molecule has 0 bridgehead atoms. The third-order valence-corrected chi connectivity index (χ3v) is 4.09. The van der Waals surface area contributed by atoms with Crippen LogP contribution in [0.15, 0.2) is 36.4 Å². The number of imide groups is 1. The summed E-state index contributed by atoms with van der Waals surface area (Å²) in [7, 11) is 0. The summed E-state index contributed by atoms with van der Waals surface area (Å²) in [5.74, 6) is 4.09. The monoisotopic (exact) mass is 395 g/mol. The van der Waals surface area contributed by atoms with Crippen LogP contribution in [0, 0.1) is 0 Å². The second-order valence-electron chi connectivity index (χ2n) is 6.11. The number of hydrogen-bond donors (Lipinski definition) is 1. The zero-order valence-electron chi connectivity index (χ0n) is 14.7. The van der Waals surface area contributed by atoms with Crippen molar-refractivity contribution >= 4 is 17.6 Å². The van der Waals surface area contributed by atoms with Crippen molar-refractivity contribution in [1.29, 1.82) is 0 Å². The van der Waals surface area contributed by atoms with E-state index in [1.165, 1.54) is 30.3 Å². The van der Waals surface area contributed by atoms with Gasteiger partial charge in [-0.3, -0.25) is 9.59 Å². The van der Waals surface area contributed by atoms with Crippen LogP contribution < -0.4 is 15.5 Å². The van der Waals surface area contributed by atoms with Crippen LogP contribution in [-0.2, 0) is 11.0 Å². The van der Waals surface area contributed by atoms with E-state index in [0.717, 1.165) is 13.0 Å². The number of halogens is 3. The van der Waals surface area contributed by atoms with Crippen molar-refractivity contribution in [3.8, 4) is 5.75 Å². The maximum absolute atomic E-state index is 13.0. The van der Waals surface area contributed by atoms with Crippen LogP contribution in [0.25, 0.3) is 0 Å². The molecule has 2 N–H and O–H groups in total. The fraction of sp³-hybridized carbons (Fsp3) is 0.294. The number of hydrazine groups is 1. The lowest BCUT2D eigenvalue weighted by Crippen LogP contribution is -2.54. The third-order valence-electron chi connectivity index (χ3n) is 4.09. The number of aromatic nitrogens is 2. The molecule has 2 amide bonds. The normalized spacial score (nSPS) is 14.4. The average Bonchev–Trinajstić information content (AvgIpc) is 2.62. The first-order valence-electron chi connectivity index (χ1n) is 8.18. The van der Waals surface area contributed by atoms with E-state index >= 15 is 0 Å². The molecule has 1 aromatic heterocycles. The van der Waals surface area contributed by atoms with Crippen LogP contribution in [0.1, 0.15) is 23.0 Å². The van der Waals surface area contributed by atoms with E-state index in [9.17, 15) is 22.8 Å². The molecule has 1 aliphatic rings. The van der Waals surface area contributed by atoms with E-state index in [0.29, 0.717) is 23.9 Å². The minimum atomic E-state index is -4.50. The molecule has 28 heavy (non-hydrogen) atoms. The highest BCUT2D eigenvalue weighted by molar-refractivity contribution is 6.02. The molecule has 3 rings (SSSR count). The minimum absolute atomic E-state index is 0.103. The Bertz CT molecular complexity index is 882. The van der Waals surface area contributed by atoms with Gasteiger partial charge < -0.3 is 9.64 Å². The molecule has 1 aromatic carbocycles. The molecule has 0 spiro atoms. The summed E-state index contributed by atoms with van der Waals surface area (Å²) in [6.07, 6.45) is -4.94. The van der Waals surface area contributed by atoms with Gasteiger partial charge in [0.25, 0.3) is 5.91 Å². The van der Waals surface area contributed by atoms with Gasteiger partial charge in [-0.2, -0.15) is 13.2 Å². The predicted molar refractivity (Wildman–Crippen MR) is 91.1 cm³/mol. The molecule has 0 atom stereocenters. The zero-order valence-corrected chi connectivity index (χ0v) is 14.7. The molecule has 2 aromatic rings. The molecular weight excluding hydrogens is 379 g/mol. The van der Waals surface area contributed by atoms with E-state index in [2.05, 4.69) is 10.2 Å². The number of para-hydroxylation sites is 1. The molecule has 0 aliphatic carbocycles. The maximum atomic E-state index is 13.0. The summed E-state index contributed by atoms with van der Waals surface area (Å²) >= 11 is 0. The molecule has 1 saturated heterocycles. The van der Waals surface area contributed by atoms with Crippen LogP contribution >= 0.6 is 0 Å². The Labute approximate surface area is 157 Å². The van der Waals surface area contributed by atoms with Gasteiger partial charge in [0.2, 0.25) is 5.91 Å². The van der Waals surface area contributed by atoms with Gasteiger partial charge in [0.1, 0.15) is 11.9 Å². The number of anilines is 1. The van der Waals surface area contributed by atoms with Gasteiger partial charge in [-0.05, 0) is 24.3 Å². The fourth-order valence-electron chi connectivity index (χ4n) is 2.56. The molecular formula is C17H16F3N5O3. The van der Waals surface area contributed by atoms with Crippen molar-refractivity contribution in [2.24, 2.45) is 5.84 Å². The fourth-order valence-corrected chi connectivity index (χ4v) is 2.56. The van der Waals surface area contributed by atoms with Crippen molar-refractivity contribution in [3.63, 3.8) is 0 Å². The van der Waals surface area contributed by atoms with Gasteiger partial charge in [0.15, 0.2) is 11.5 Å². The van der Waals surface area contributed by atoms with E-state index < -0.39 is 29.7 Å². The molecule has 0 unspecified atom stereocenters. The highest BCUT2D eigenvalue weighted by Gasteiger charge is 2.36. The number of carbonyl (C=O) groups is 2. The molecule has 11 heteroatoms. The average molecular weight is 395 g/mol. The van der Waals surface area contributed by atoms with Crippen molar-refractivity contribution < 1.29 is 27.5 Å². The van der Waals surface area contributed by atoms with Gasteiger partial charge in [-0.15, -0.1) is 10.2 Å². The summed E-state index contributed by atoms with van der Waals surface area (Å²) in [6, 6.07) is 7.89. The number of alkyl halides is 3. The van der Waals surface area contributed by atoms with E-state index in [4.69, 9.17) is 10.6 Å². The van der Waals surface area contributed by atoms with Gasteiger partial charge in [-0.1, -0.05) is 12.1 Å². The topological polar surface area (TPSA) is 102 Å². The molecule has 1 aliphatic heterocycles. The first kappa shape index (κ1) is 19.5. The standard InChI is InChI=1S/C17H16F3N5O3/c1-10(26)25(21)16(27)13-6-7-15(23-22-13)24-8-11(9-24)28-14-5-3-2-4-12(14)17(18,19)20/h2-7,11H,8-9,21H2,1H3. The Balaban J connectivity index is 1.60. The van der Waals surface area contributed by atoms with Crippen molar-refractivity contribution in [2.75, 3.05) is 18.0 Å².